The Morgan fingerprint density at radius 3 is 2.30 bits per heavy atom. The number of hydrogen-bond donors (Lipinski definition) is 1. The fourth-order valence-corrected chi connectivity index (χ4v) is 1.87. The molecule has 1 aromatic heterocycles. The van der Waals surface area contributed by atoms with Crippen LogP contribution in [0.1, 0.15) is 47.3 Å². The average molecular weight is 309 g/mol. The maximum Gasteiger partial charge on any atom is 0.256 e. The molecular weight excluding hydrogens is 290 g/mol. The Morgan fingerprint density at radius 1 is 1.17 bits per heavy atom. The summed E-state index contributed by atoms with van der Waals surface area (Å²) in [6, 6.07) is 10.3. The summed E-state index contributed by atoms with van der Waals surface area (Å²) in [5.41, 5.74) is 1.50. The molecule has 0 aliphatic heterocycles. The number of amides is 1. The van der Waals surface area contributed by atoms with Crippen molar-refractivity contribution < 1.29 is 9.59 Å². The van der Waals surface area contributed by atoms with Crippen LogP contribution in [0.3, 0.4) is 0 Å². The summed E-state index contributed by atoms with van der Waals surface area (Å²) < 4.78 is 0. The number of aromatic nitrogens is 1. The molecule has 0 fully saturated rings. The lowest BCUT2D eigenvalue weighted by atomic mass is 10.1. The van der Waals surface area contributed by atoms with Crippen LogP contribution in [-0.4, -0.2) is 16.7 Å². The Bertz CT molecular complexity index is 747. The van der Waals surface area contributed by atoms with Crippen LogP contribution in [0.25, 0.3) is 4.85 Å². The molecule has 0 atom stereocenters. The molecule has 0 saturated carbocycles. The van der Waals surface area contributed by atoms with Crippen molar-refractivity contribution >= 4 is 23.1 Å². The van der Waals surface area contributed by atoms with E-state index in [2.05, 4.69) is 15.1 Å². The number of benzene rings is 1. The van der Waals surface area contributed by atoms with Gasteiger partial charge in [-0.3, -0.25) is 14.6 Å². The Kier molecular flexibility index (Phi) is 6.63. The van der Waals surface area contributed by atoms with Gasteiger partial charge in [-0.2, -0.15) is 0 Å². The highest BCUT2D eigenvalue weighted by Gasteiger charge is 2.18. The van der Waals surface area contributed by atoms with Crippen LogP contribution in [0.4, 0.5) is 11.4 Å². The third-order valence-electron chi connectivity index (χ3n) is 2.92. The second-order valence-electron chi connectivity index (χ2n) is 4.48. The molecule has 1 N–H and O–H groups in total. The molecule has 1 aromatic carbocycles. The number of ketones is 1. The van der Waals surface area contributed by atoms with Crippen LogP contribution in [0.5, 0.6) is 0 Å². The highest BCUT2D eigenvalue weighted by molar-refractivity contribution is 6.11. The molecule has 0 bridgehead atoms. The van der Waals surface area contributed by atoms with E-state index in [0.717, 1.165) is 0 Å². The summed E-state index contributed by atoms with van der Waals surface area (Å²) >= 11 is 0. The average Bonchev–Trinajstić information content (AvgIpc) is 2.57. The number of nitrogens with zero attached hydrogens (tertiary/aromatic N) is 2. The van der Waals surface area contributed by atoms with E-state index >= 15 is 0 Å². The minimum atomic E-state index is -0.455. The second-order valence-corrected chi connectivity index (χ2v) is 4.48. The Morgan fingerprint density at radius 2 is 1.78 bits per heavy atom. The van der Waals surface area contributed by atoms with Gasteiger partial charge in [0.15, 0.2) is 5.78 Å². The highest BCUT2D eigenvalue weighted by Crippen LogP contribution is 2.22. The minimum Gasteiger partial charge on any atom is -0.322 e. The van der Waals surface area contributed by atoms with Crippen molar-refractivity contribution in [2.75, 3.05) is 5.32 Å². The van der Waals surface area contributed by atoms with Crippen molar-refractivity contribution in [2.24, 2.45) is 0 Å². The molecule has 2 aromatic rings. The maximum absolute atomic E-state index is 12.3. The van der Waals surface area contributed by atoms with Crippen molar-refractivity contribution in [3.05, 3.63) is 64.8 Å². The Labute approximate surface area is 136 Å². The van der Waals surface area contributed by atoms with Crippen molar-refractivity contribution in [3.63, 3.8) is 0 Å². The molecule has 0 saturated heterocycles. The zero-order valence-electron chi connectivity index (χ0n) is 13.7. The van der Waals surface area contributed by atoms with Gasteiger partial charge in [0.1, 0.15) is 5.69 Å². The van der Waals surface area contributed by atoms with Gasteiger partial charge in [-0.25, -0.2) is 4.85 Å². The van der Waals surface area contributed by atoms with Gasteiger partial charge in [0, 0.05) is 18.3 Å². The van der Waals surface area contributed by atoms with Crippen molar-refractivity contribution in [1.29, 1.82) is 0 Å². The SMILES string of the molecule is CC.[C-]#[N+]c1cc(C(=O)Nc2ccccc2)c(C(C)=O)nc1C. The van der Waals surface area contributed by atoms with Gasteiger partial charge in [-0.05, 0) is 25.1 Å². The number of Topliss-reactive ketones (excluding diaryl/α,β-unsaturated/α-hetero) is 1. The van der Waals surface area contributed by atoms with E-state index in [1.54, 1.807) is 31.2 Å². The number of nitrogens with one attached hydrogen (secondary N) is 1. The molecule has 0 aliphatic carbocycles. The molecule has 0 unspecified atom stereocenters. The maximum atomic E-state index is 12.3. The molecule has 1 heterocycles. The first-order chi connectivity index (χ1) is 11.0. The lowest BCUT2D eigenvalue weighted by Gasteiger charge is -2.10. The van der Waals surface area contributed by atoms with Crippen LogP contribution in [-0.2, 0) is 0 Å². The lowest BCUT2D eigenvalue weighted by molar-refractivity contribution is 0.0981. The molecule has 5 heteroatoms. The predicted octanol–water partition coefficient (Wildman–Crippen LogP) is 4.42. The summed E-state index contributed by atoms with van der Waals surface area (Å²) in [7, 11) is 0. The molecule has 0 aliphatic rings. The molecule has 0 spiro atoms. The molecule has 118 valence electrons. The Hall–Kier alpha value is -3.00. The van der Waals surface area contributed by atoms with E-state index in [1.807, 2.05) is 19.9 Å². The van der Waals surface area contributed by atoms with Crippen molar-refractivity contribution in [2.45, 2.75) is 27.7 Å². The van der Waals surface area contributed by atoms with Gasteiger partial charge in [0.2, 0.25) is 5.69 Å². The van der Waals surface area contributed by atoms with Gasteiger partial charge in [0.05, 0.1) is 12.1 Å². The number of para-hydroxylation sites is 1. The van der Waals surface area contributed by atoms with E-state index < -0.39 is 5.91 Å². The van der Waals surface area contributed by atoms with Gasteiger partial charge >= 0.3 is 0 Å². The zero-order chi connectivity index (χ0) is 17.4. The van der Waals surface area contributed by atoms with E-state index in [9.17, 15) is 9.59 Å². The summed E-state index contributed by atoms with van der Waals surface area (Å²) in [5.74, 6) is -0.767. The fraction of sp³-hybridized carbons (Fsp3) is 0.222. The van der Waals surface area contributed by atoms with Crippen LogP contribution >= 0.6 is 0 Å². The first kappa shape index (κ1) is 18.1. The first-order valence-electron chi connectivity index (χ1n) is 7.29. The van der Waals surface area contributed by atoms with Crippen LogP contribution in [0.15, 0.2) is 36.4 Å². The summed E-state index contributed by atoms with van der Waals surface area (Å²) in [5, 5.41) is 2.69. The number of aryl methyl sites for hydroxylation is 1. The quantitative estimate of drug-likeness (QED) is 0.674. The number of anilines is 1. The van der Waals surface area contributed by atoms with Crippen LogP contribution in [0.2, 0.25) is 0 Å². The second kappa shape index (κ2) is 8.44. The summed E-state index contributed by atoms with van der Waals surface area (Å²) in [4.78, 5) is 31.4. The molecule has 0 radical (unpaired) electrons. The Balaban J connectivity index is 0.00000127. The van der Waals surface area contributed by atoms with Gasteiger partial charge < -0.3 is 5.32 Å². The monoisotopic (exact) mass is 309 g/mol. The summed E-state index contributed by atoms with van der Waals surface area (Å²) in [6.45, 7) is 14.1. The van der Waals surface area contributed by atoms with E-state index in [1.165, 1.54) is 13.0 Å². The van der Waals surface area contributed by atoms with Crippen molar-refractivity contribution in [3.8, 4) is 0 Å². The normalized spacial score (nSPS) is 9.17. The fourth-order valence-electron chi connectivity index (χ4n) is 1.87. The number of pyridine rings is 1. The first-order valence-corrected chi connectivity index (χ1v) is 7.29. The van der Waals surface area contributed by atoms with Gasteiger partial charge in [-0.15, -0.1) is 0 Å². The van der Waals surface area contributed by atoms with E-state index in [0.29, 0.717) is 11.4 Å². The third-order valence-corrected chi connectivity index (χ3v) is 2.92. The molecular formula is C18H19N3O2. The lowest BCUT2D eigenvalue weighted by Crippen LogP contribution is -2.17. The highest BCUT2D eigenvalue weighted by atomic mass is 16.2. The smallest absolute Gasteiger partial charge is 0.256 e. The third kappa shape index (κ3) is 4.48. The largest absolute Gasteiger partial charge is 0.322 e. The molecule has 23 heavy (non-hydrogen) atoms. The zero-order valence-corrected chi connectivity index (χ0v) is 13.7. The predicted molar refractivity (Wildman–Crippen MR) is 91.0 cm³/mol. The molecule has 2 rings (SSSR count). The number of rotatable bonds is 3. The number of hydrogen-bond acceptors (Lipinski definition) is 3. The van der Waals surface area contributed by atoms with Crippen LogP contribution in [0, 0.1) is 13.5 Å². The van der Waals surface area contributed by atoms with E-state index in [-0.39, 0.29) is 22.7 Å². The minimum absolute atomic E-state index is 0.0772. The van der Waals surface area contributed by atoms with Gasteiger partial charge in [-0.1, -0.05) is 32.0 Å². The summed E-state index contributed by atoms with van der Waals surface area (Å²) in [6.07, 6.45) is 0. The molecule has 1 amide bonds. The van der Waals surface area contributed by atoms with E-state index in [4.69, 9.17) is 6.57 Å². The topological polar surface area (TPSA) is 63.4 Å². The standard InChI is InChI=1S/C16H13N3O2.C2H6/c1-10-14(17-3)9-13(15(18-10)11(2)20)16(21)19-12-7-5-4-6-8-12;1-2/h4-9H,1-2H3,(H,19,21);1-2H3. The molecule has 5 nitrogen and oxygen atoms in total. The number of carbonyl (C=O) groups excluding carboxylic acids is 2. The number of carbonyl (C=O) groups is 2. The van der Waals surface area contributed by atoms with Gasteiger partial charge in [0.25, 0.3) is 5.91 Å². The van der Waals surface area contributed by atoms with Crippen molar-refractivity contribution in [1.82, 2.24) is 4.98 Å². The van der Waals surface area contributed by atoms with Crippen LogP contribution < -0.4 is 5.32 Å².